The fraction of sp³-hybridized carbons (Fsp3) is 0.333. The summed E-state index contributed by atoms with van der Waals surface area (Å²) in [5.41, 5.74) is 1.59. The Hall–Kier alpha value is -2.89. The number of ketones is 1. The van der Waals surface area contributed by atoms with E-state index in [9.17, 15) is 18.0 Å². The average Bonchev–Trinajstić information content (AvgIpc) is 3.43. The Morgan fingerprint density at radius 3 is 2.81 bits per heavy atom. The molecule has 1 saturated heterocycles. The highest BCUT2D eigenvalue weighted by Crippen LogP contribution is 2.31. The highest BCUT2D eigenvalue weighted by Gasteiger charge is 2.34. The molecular weight excluding hydrogens is 452 g/mol. The lowest BCUT2D eigenvalue weighted by molar-refractivity contribution is -0.120. The molecule has 11 heteroatoms. The number of nitrogens with zero attached hydrogens (tertiary/aromatic N) is 3. The molecule has 1 aliphatic heterocycles. The topological polar surface area (TPSA) is 122 Å². The smallest absolute Gasteiger partial charge is 0.252 e. The van der Waals surface area contributed by atoms with Crippen molar-refractivity contribution in [3.63, 3.8) is 0 Å². The van der Waals surface area contributed by atoms with Gasteiger partial charge in [0.15, 0.2) is 5.78 Å². The summed E-state index contributed by atoms with van der Waals surface area (Å²) in [4.78, 5) is 28.5. The van der Waals surface area contributed by atoms with Crippen molar-refractivity contribution < 1.29 is 22.5 Å². The Balaban J connectivity index is 1.47. The molecule has 0 saturated carbocycles. The Bertz CT molecular complexity index is 1260. The van der Waals surface area contributed by atoms with E-state index in [0.29, 0.717) is 47.9 Å². The Kier molecular flexibility index (Phi) is 6.22. The van der Waals surface area contributed by atoms with Crippen molar-refractivity contribution in [2.75, 3.05) is 18.4 Å². The molecule has 3 aromatic rings. The second-order valence-electron chi connectivity index (χ2n) is 7.62. The van der Waals surface area contributed by atoms with Gasteiger partial charge in [-0.2, -0.15) is 9.29 Å². The van der Waals surface area contributed by atoms with E-state index in [1.807, 2.05) is 0 Å². The summed E-state index contributed by atoms with van der Waals surface area (Å²) in [6.07, 6.45) is 1.16. The molecule has 32 heavy (non-hydrogen) atoms. The van der Waals surface area contributed by atoms with Gasteiger partial charge in [0, 0.05) is 42.2 Å². The van der Waals surface area contributed by atoms with Crippen molar-refractivity contribution in [3.8, 4) is 11.4 Å². The number of Topliss-reactive ketones (excluding diaryl/α,β-unsaturated/α-hetero) is 1. The van der Waals surface area contributed by atoms with Gasteiger partial charge in [0.1, 0.15) is 4.21 Å². The van der Waals surface area contributed by atoms with Crippen LogP contribution in [-0.4, -0.2) is 47.6 Å². The molecule has 0 unspecified atom stereocenters. The van der Waals surface area contributed by atoms with Gasteiger partial charge in [0.05, 0.1) is 5.92 Å². The van der Waals surface area contributed by atoms with Crippen LogP contribution < -0.4 is 5.32 Å². The summed E-state index contributed by atoms with van der Waals surface area (Å²) < 4.78 is 32.9. The quantitative estimate of drug-likeness (QED) is 0.544. The number of piperidine rings is 1. The third-order valence-electron chi connectivity index (χ3n) is 5.25. The van der Waals surface area contributed by atoms with Crippen molar-refractivity contribution in [1.29, 1.82) is 0 Å². The van der Waals surface area contributed by atoms with Gasteiger partial charge in [-0.15, -0.1) is 11.3 Å². The second kappa shape index (κ2) is 8.93. The minimum Gasteiger partial charge on any atom is -0.339 e. The number of nitrogens with one attached hydrogen (secondary N) is 1. The third kappa shape index (κ3) is 4.64. The number of sulfonamides is 1. The van der Waals surface area contributed by atoms with Crippen LogP contribution in [0.3, 0.4) is 0 Å². The summed E-state index contributed by atoms with van der Waals surface area (Å²) in [6.45, 7) is 3.56. The zero-order valence-corrected chi connectivity index (χ0v) is 19.2. The fourth-order valence-electron chi connectivity index (χ4n) is 3.55. The van der Waals surface area contributed by atoms with Crippen LogP contribution in [0.5, 0.6) is 0 Å². The first-order valence-electron chi connectivity index (χ1n) is 10.1. The van der Waals surface area contributed by atoms with Crippen LogP contribution in [-0.2, 0) is 14.8 Å². The first-order chi connectivity index (χ1) is 15.2. The second-order valence-corrected chi connectivity index (χ2v) is 10.7. The van der Waals surface area contributed by atoms with Gasteiger partial charge in [0.2, 0.25) is 17.6 Å². The number of carbonyl (C=O) groups is 2. The maximum atomic E-state index is 13.2. The van der Waals surface area contributed by atoms with Gasteiger partial charge in [-0.1, -0.05) is 17.3 Å². The number of hydrogen-bond acceptors (Lipinski definition) is 8. The molecule has 1 N–H and O–H groups in total. The van der Waals surface area contributed by atoms with Gasteiger partial charge >= 0.3 is 0 Å². The number of rotatable bonds is 6. The van der Waals surface area contributed by atoms with Crippen LogP contribution in [0.1, 0.15) is 36.0 Å². The molecular formula is C21H22N4O5S2. The number of amides is 1. The predicted octanol–water partition coefficient (Wildman–Crippen LogP) is 3.35. The number of carbonyl (C=O) groups excluding carboxylic acids is 2. The normalized spacial score (nSPS) is 17.2. The van der Waals surface area contributed by atoms with Gasteiger partial charge in [0.25, 0.3) is 10.0 Å². The van der Waals surface area contributed by atoms with Crippen molar-refractivity contribution >= 4 is 38.7 Å². The zero-order valence-electron chi connectivity index (χ0n) is 17.6. The molecule has 1 aromatic carbocycles. The van der Waals surface area contributed by atoms with Crippen LogP contribution >= 0.6 is 11.3 Å². The molecule has 2 aromatic heterocycles. The summed E-state index contributed by atoms with van der Waals surface area (Å²) in [5.74, 6) is -0.112. The molecule has 0 radical (unpaired) electrons. The van der Waals surface area contributed by atoms with E-state index in [0.717, 1.165) is 11.3 Å². The Morgan fingerprint density at radius 1 is 1.28 bits per heavy atom. The van der Waals surface area contributed by atoms with E-state index < -0.39 is 15.9 Å². The van der Waals surface area contributed by atoms with Crippen LogP contribution in [0, 0.1) is 12.8 Å². The van der Waals surface area contributed by atoms with Crippen molar-refractivity contribution in [2.24, 2.45) is 5.92 Å². The van der Waals surface area contributed by atoms with E-state index >= 15 is 0 Å². The highest BCUT2D eigenvalue weighted by molar-refractivity contribution is 7.91. The molecule has 3 heterocycles. The highest BCUT2D eigenvalue weighted by atomic mass is 32.2. The number of hydrogen-bond donors (Lipinski definition) is 1. The number of aromatic nitrogens is 2. The lowest BCUT2D eigenvalue weighted by Gasteiger charge is -2.30. The van der Waals surface area contributed by atoms with Crippen molar-refractivity contribution in [2.45, 2.75) is 30.9 Å². The number of anilines is 1. The minimum atomic E-state index is -3.76. The summed E-state index contributed by atoms with van der Waals surface area (Å²) in [5, 5.41) is 8.31. The maximum Gasteiger partial charge on any atom is 0.252 e. The van der Waals surface area contributed by atoms with Gasteiger partial charge in [-0.05, 0) is 38.0 Å². The van der Waals surface area contributed by atoms with Gasteiger partial charge in [-0.3, -0.25) is 9.59 Å². The van der Waals surface area contributed by atoms with Gasteiger partial charge in [-0.25, -0.2) is 8.42 Å². The van der Waals surface area contributed by atoms with E-state index in [2.05, 4.69) is 15.5 Å². The predicted molar refractivity (Wildman–Crippen MR) is 119 cm³/mol. The molecule has 9 nitrogen and oxygen atoms in total. The van der Waals surface area contributed by atoms with Crippen LogP contribution in [0.25, 0.3) is 11.4 Å². The lowest BCUT2D eigenvalue weighted by Crippen LogP contribution is -2.43. The van der Waals surface area contributed by atoms with Crippen molar-refractivity contribution in [3.05, 3.63) is 47.2 Å². The van der Waals surface area contributed by atoms with Crippen LogP contribution in [0.2, 0.25) is 0 Å². The van der Waals surface area contributed by atoms with E-state index in [1.165, 1.54) is 17.3 Å². The first kappa shape index (κ1) is 22.3. The third-order valence-corrected chi connectivity index (χ3v) is 8.53. The molecule has 1 atom stereocenters. The van der Waals surface area contributed by atoms with Crippen LogP contribution in [0.15, 0.2) is 44.4 Å². The molecule has 1 amide bonds. The molecule has 0 bridgehead atoms. The average molecular weight is 475 g/mol. The lowest BCUT2D eigenvalue weighted by atomic mass is 9.98. The number of thiophene rings is 1. The number of aryl methyl sites for hydroxylation is 1. The number of benzene rings is 1. The maximum absolute atomic E-state index is 13.2. The van der Waals surface area contributed by atoms with Gasteiger partial charge < -0.3 is 9.84 Å². The fourth-order valence-corrected chi connectivity index (χ4v) is 6.38. The van der Waals surface area contributed by atoms with Crippen molar-refractivity contribution in [1.82, 2.24) is 14.4 Å². The molecule has 0 spiro atoms. The minimum absolute atomic E-state index is 0.0924. The Morgan fingerprint density at radius 2 is 2.09 bits per heavy atom. The summed E-state index contributed by atoms with van der Waals surface area (Å²) >= 11 is 1.09. The molecule has 1 aliphatic rings. The van der Waals surface area contributed by atoms with Crippen LogP contribution in [0.4, 0.5) is 5.69 Å². The van der Waals surface area contributed by atoms with E-state index in [1.54, 1.807) is 36.6 Å². The first-order valence-corrected chi connectivity index (χ1v) is 12.4. The molecule has 168 valence electrons. The molecule has 0 aliphatic carbocycles. The summed E-state index contributed by atoms with van der Waals surface area (Å²) in [6, 6.07) is 8.22. The molecule has 1 fully saturated rings. The largest absolute Gasteiger partial charge is 0.339 e. The molecule has 4 rings (SSSR count). The van der Waals surface area contributed by atoms with E-state index in [-0.39, 0.29) is 22.4 Å². The summed E-state index contributed by atoms with van der Waals surface area (Å²) in [7, 11) is -3.76. The SMILES string of the molecule is CC(=O)c1cccc(NC(=O)[C@H]2CCCN(S(=O)(=O)c3cc(-c4noc(C)n4)cs3)C2)c1. The zero-order chi connectivity index (χ0) is 22.9. The standard InChI is InChI=1S/C21H22N4O5S2/c1-13(26)15-5-3-7-18(9-15)23-21(27)16-6-4-8-25(11-16)32(28,29)19-10-17(12-31-19)20-22-14(2)30-24-20/h3,5,7,9-10,12,16H,4,6,8,11H2,1-2H3,(H,23,27)/t16-/m0/s1. The monoisotopic (exact) mass is 474 g/mol. The van der Waals surface area contributed by atoms with E-state index in [4.69, 9.17) is 4.52 Å². The Labute approximate surface area is 189 Å².